The fraction of sp³-hybridized carbons (Fsp3) is 0.733. The van der Waals surface area contributed by atoms with Crippen molar-refractivity contribution in [2.45, 2.75) is 38.2 Å². The zero-order chi connectivity index (χ0) is 15.3. The Balaban J connectivity index is 2.11. The number of methoxy groups -OCH3 is 2. The highest BCUT2D eigenvalue weighted by Gasteiger charge is 2.37. The first-order valence-electron chi connectivity index (χ1n) is 7.53. The second kappa shape index (κ2) is 7.04. The van der Waals surface area contributed by atoms with Crippen molar-refractivity contribution in [3.63, 3.8) is 0 Å². The highest BCUT2D eigenvalue weighted by Crippen LogP contribution is 2.37. The summed E-state index contributed by atoms with van der Waals surface area (Å²) in [6.45, 7) is 5.06. The lowest BCUT2D eigenvalue weighted by Gasteiger charge is -2.38. The lowest BCUT2D eigenvalue weighted by atomic mass is 9.85. The second-order valence-corrected chi connectivity index (χ2v) is 5.51. The molecule has 118 valence electrons. The average molecular weight is 295 g/mol. The van der Waals surface area contributed by atoms with E-state index in [1.807, 2.05) is 0 Å². The van der Waals surface area contributed by atoms with Crippen LogP contribution in [-0.4, -0.2) is 53.8 Å². The molecule has 2 heterocycles. The van der Waals surface area contributed by atoms with Gasteiger partial charge in [0.15, 0.2) is 0 Å². The van der Waals surface area contributed by atoms with Gasteiger partial charge in [-0.15, -0.1) is 0 Å². The van der Waals surface area contributed by atoms with E-state index < -0.39 is 5.60 Å². The summed E-state index contributed by atoms with van der Waals surface area (Å²) in [6, 6.07) is 0.250. The lowest BCUT2D eigenvalue weighted by Crippen LogP contribution is -2.43. The van der Waals surface area contributed by atoms with Gasteiger partial charge in [0, 0.05) is 19.3 Å². The highest BCUT2D eigenvalue weighted by atomic mass is 16.5. The first-order chi connectivity index (χ1) is 10.1. The molecule has 6 heteroatoms. The van der Waals surface area contributed by atoms with Crippen molar-refractivity contribution in [3.8, 4) is 11.9 Å². The van der Waals surface area contributed by atoms with Crippen LogP contribution in [0.4, 0.5) is 0 Å². The van der Waals surface area contributed by atoms with Gasteiger partial charge in [0.1, 0.15) is 0 Å². The number of rotatable bonds is 6. The van der Waals surface area contributed by atoms with Gasteiger partial charge in [0.2, 0.25) is 5.88 Å². The minimum absolute atomic E-state index is 0.250. The van der Waals surface area contributed by atoms with Crippen molar-refractivity contribution in [1.82, 2.24) is 14.9 Å². The third-order valence-corrected chi connectivity index (χ3v) is 4.12. The lowest BCUT2D eigenvalue weighted by molar-refractivity contribution is -0.0283. The predicted molar refractivity (Wildman–Crippen MR) is 79.6 cm³/mol. The van der Waals surface area contributed by atoms with Gasteiger partial charge in [-0.2, -0.15) is 4.98 Å². The molecule has 21 heavy (non-hydrogen) atoms. The van der Waals surface area contributed by atoms with Crippen molar-refractivity contribution in [2.24, 2.45) is 0 Å². The maximum atomic E-state index is 10.9. The number of ether oxygens (including phenoxy) is 2. The minimum Gasteiger partial charge on any atom is -0.481 e. The van der Waals surface area contributed by atoms with E-state index in [2.05, 4.69) is 21.8 Å². The number of nitrogens with zero attached hydrogens (tertiary/aromatic N) is 3. The molecular formula is C15H25N3O3. The summed E-state index contributed by atoms with van der Waals surface area (Å²) >= 11 is 0. The van der Waals surface area contributed by atoms with Crippen molar-refractivity contribution < 1.29 is 14.6 Å². The Labute approximate surface area is 126 Å². The first kappa shape index (κ1) is 16.0. The molecule has 0 aliphatic carbocycles. The Bertz CT molecular complexity index is 459. The van der Waals surface area contributed by atoms with Crippen LogP contribution >= 0.6 is 0 Å². The smallest absolute Gasteiger partial charge is 0.319 e. The number of hydrogen-bond acceptors (Lipinski definition) is 6. The molecule has 1 saturated heterocycles. The first-order valence-corrected chi connectivity index (χ1v) is 7.53. The molecule has 0 radical (unpaired) electrons. The molecule has 1 N–H and O–H groups in total. The third kappa shape index (κ3) is 3.63. The molecule has 0 saturated carbocycles. The van der Waals surface area contributed by atoms with Gasteiger partial charge < -0.3 is 19.5 Å². The summed E-state index contributed by atoms with van der Waals surface area (Å²) in [4.78, 5) is 10.7. The van der Waals surface area contributed by atoms with E-state index in [0.717, 1.165) is 19.6 Å². The third-order valence-electron chi connectivity index (χ3n) is 4.12. The summed E-state index contributed by atoms with van der Waals surface area (Å²) in [5.74, 6) is 0.395. The Hall–Kier alpha value is -1.40. The molecule has 6 nitrogen and oxygen atoms in total. The molecule has 0 atom stereocenters. The van der Waals surface area contributed by atoms with Gasteiger partial charge in [-0.3, -0.25) is 0 Å². The number of aliphatic hydroxyl groups is 1. The number of piperidine rings is 1. The zero-order valence-corrected chi connectivity index (χ0v) is 13.1. The Kier molecular flexibility index (Phi) is 5.36. The minimum atomic E-state index is -0.916. The van der Waals surface area contributed by atoms with Crippen LogP contribution in [0.15, 0.2) is 6.20 Å². The molecule has 1 aliphatic heterocycles. The number of unbranched alkanes of at least 4 members (excludes halogenated alkanes) is 1. The van der Waals surface area contributed by atoms with E-state index in [1.165, 1.54) is 20.0 Å². The summed E-state index contributed by atoms with van der Waals surface area (Å²) < 4.78 is 10.3. The van der Waals surface area contributed by atoms with Crippen LogP contribution in [-0.2, 0) is 5.60 Å². The molecule has 0 bridgehead atoms. The number of likely N-dealkylation sites (tertiary alicyclic amines) is 1. The summed E-state index contributed by atoms with van der Waals surface area (Å²) in [5.41, 5.74) is -0.263. The molecule has 1 fully saturated rings. The standard InChI is InChI=1S/C15H25N3O3/c1-4-5-8-18-9-6-15(19,7-10-18)12-11-16-14(21-3)17-13(12)20-2/h11,19H,4-10H2,1-3H3. The number of hydrogen-bond donors (Lipinski definition) is 1. The highest BCUT2D eigenvalue weighted by molar-refractivity contribution is 5.31. The van der Waals surface area contributed by atoms with Crippen LogP contribution < -0.4 is 9.47 Å². The number of aromatic nitrogens is 2. The molecule has 1 aromatic rings. The quantitative estimate of drug-likeness (QED) is 0.859. The van der Waals surface area contributed by atoms with Gasteiger partial charge in [-0.25, -0.2) is 4.98 Å². The van der Waals surface area contributed by atoms with E-state index in [9.17, 15) is 5.11 Å². The molecule has 0 unspecified atom stereocenters. The Morgan fingerprint density at radius 2 is 2.00 bits per heavy atom. The molecule has 1 aromatic heterocycles. The fourth-order valence-electron chi connectivity index (χ4n) is 2.72. The molecule has 0 aromatic carbocycles. The summed E-state index contributed by atoms with van der Waals surface area (Å²) in [6.07, 6.45) is 5.35. The van der Waals surface area contributed by atoms with Gasteiger partial charge in [0.05, 0.1) is 25.4 Å². The van der Waals surface area contributed by atoms with Gasteiger partial charge in [-0.1, -0.05) is 13.3 Å². The molecule has 1 aliphatic rings. The molecular weight excluding hydrogens is 270 g/mol. The van der Waals surface area contributed by atoms with Crippen molar-refractivity contribution in [3.05, 3.63) is 11.8 Å². The SMILES string of the molecule is CCCCN1CCC(O)(c2cnc(OC)nc2OC)CC1. The maximum absolute atomic E-state index is 10.9. The largest absolute Gasteiger partial charge is 0.481 e. The Morgan fingerprint density at radius 1 is 1.29 bits per heavy atom. The average Bonchev–Trinajstić information content (AvgIpc) is 2.53. The predicted octanol–water partition coefficient (Wildman–Crippen LogP) is 1.58. The van der Waals surface area contributed by atoms with Gasteiger partial charge in [-0.05, 0) is 25.8 Å². The normalized spacial score (nSPS) is 18.5. The van der Waals surface area contributed by atoms with Crippen LogP contribution in [0.25, 0.3) is 0 Å². The van der Waals surface area contributed by atoms with Crippen LogP contribution in [0.2, 0.25) is 0 Å². The van der Waals surface area contributed by atoms with Crippen LogP contribution in [0.1, 0.15) is 38.2 Å². The van der Waals surface area contributed by atoms with Crippen molar-refractivity contribution >= 4 is 0 Å². The summed E-state index contributed by atoms with van der Waals surface area (Å²) in [5, 5.41) is 10.9. The maximum Gasteiger partial charge on any atom is 0.319 e. The molecule has 2 rings (SSSR count). The Morgan fingerprint density at radius 3 is 2.57 bits per heavy atom. The van der Waals surface area contributed by atoms with E-state index in [1.54, 1.807) is 13.3 Å². The monoisotopic (exact) mass is 295 g/mol. The zero-order valence-electron chi connectivity index (χ0n) is 13.1. The summed E-state index contributed by atoms with van der Waals surface area (Å²) in [7, 11) is 3.06. The van der Waals surface area contributed by atoms with Crippen LogP contribution in [0.3, 0.4) is 0 Å². The van der Waals surface area contributed by atoms with Crippen molar-refractivity contribution in [1.29, 1.82) is 0 Å². The van der Waals surface area contributed by atoms with Crippen molar-refractivity contribution in [2.75, 3.05) is 33.9 Å². The van der Waals surface area contributed by atoms with E-state index in [4.69, 9.17) is 9.47 Å². The topological polar surface area (TPSA) is 67.7 Å². The van der Waals surface area contributed by atoms with Crippen LogP contribution in [0.5, 0.6) is 11.9 Å². The van der Waals surface area contributed by atoms with E-state index in [-0.39, 0.29) is 6.01 Å². The molecule has 0 spiro atoms. The van der Waals surface area contributed by atoms with E-state index in [0.29, 0.717) is 24.3 Å². The molecule has 0 amide bonds. The van der Waals surface area contributed by atoms with Crippen LogP contribution in [0, 0.1) is 0 Å². The van der Waals surface area contributed by atoms with E-state index >= 15 is 0 Å². The fourth-order valence-corrected chi connectivity index (χ4v) is 2.72. The van der Waals surface area contributed by atoms with Gasteiger partial charge >= 0.3 is 6.01 Å². The van der Waals surface area contributed by atoms with Gasteiger partial charge in [0.25, 0.3) is 0 Å². The second-order valence-electron chi connectivity index (χ2n) is 5.51.